The maximum Gasteiger partial charge on any atom is 0.344 e. The summed E-state index contributed by atoms with van der Waals surface area (Å²) in [6.07, 6.45) is 1.48. The zero-order valence-corrected chi connectivity index (χ0v) is 21.2. The number of esters is 1. The van der Waals surface area contributed by atoms with E-state index in [0.717, 1.165) is 34.9 Å². The quantitative estimate of drug-likeness (QED) is 0.105. The number of rotatable bonds is 7. The average Bonchev–Trinajstić information content (AvgIpc) is 3.14. The number of ether oxygens (including phenoxy) is 1. The van der Waals surface area contributed by atoms with Crippen LogP contribution in [0.1, 0.15) is 21.5 Å². The summed E-state index contributed by atoms with van der Waals surface area (Å²) < 4.78 is 5.17. The van der Waals surface area contributed by atoms with E-state index in [-0.39, 0.29) is 22.8 Å². The van der Waals surface area contributed by atoms with Crippen LogP contribution in [0, 0.1) is 20.2 Å². The molecule has 0 unspecified atom stereocenters. The first kappa shape index (κ1) is 26.8. The van der Waals surface area contributed by atoms with Gasteiger partial charge in [-0.25, -0.2) is 4.79 Å². The van der Waals surface area contributed by atoms with Crippen LogP contribution in [-0.2, 0) is 11.3 Å². The predicted octanol–water partition coefficient (Wildman–Crippen LogP) is 6.27. The molecule has 0 aromatic heterocycles. The van der Waals surface area contributed by atoms with Gasteiger partial charge in [-0.15, -0.1) is 0 Å². The SMILES string of the molecule is O=C(Oc1ccc(/C=C2\SC(=O)N(Cc3c(Cl)cccc3Cl)C2=O)cc1)c1cc([N+](=O)[O-])cc([N+](=O)[O-])c1. The molecule has 0 N–H and O–H groups in total. The molecule has 0 bridgehead atoms. The number of hydrogen-bond acceptors (Lipinski definition) is 9. The van der Waals surface area contributed by atoms with Crippen molar-refractivity contribution >= 4 is 69.5 Å². The van der Waals surface area contributed by atoms with E-state index in [1.54, 1.807) is 18.2 Å². The van der Waals surface area contributed by atoms with E-state index in [1.807, 2.05) is 0 Å². The van der Waals surface area contributed by atoms with Crippen molar-refractivity contribution in [2.75, 3.05) is 0 Å². The van der Waals surface area contributed by atoms with Crippen LogP contribution in [0.4, 0.5) is 16.2 Å². The van der Waals surface area contributed by atoms with Crippen molar-refractivity contribution in [3.63, 3.8) is 0 Å². The molecule has 1 fully saturated rings. The van der Waals surface area contributed by atoms with Gasteiger partial charge in [0.05, 0.1) is 32.9 Å². The lowest BCUT2D eigenvalue weighted by Gasteiger charge is -2.14. The molecule has 2 amide bonds. The van der Waals surface area contributed by atoms with Crippen molar-refractivity contribution in [1.82, 2.24) is 4.90 Å². The Balaban J connectivity index is 1.48. The molecule has 11 nitrogen and oxygen atoms in total. The van der Waals surface area contributed by atoms with E-state index in [2.05, 4.69) is 0 Å². The van der Waals surface area contributed by atoms with Crippen molar-refractivity contribution in [3.05, 3.63) is 113 Å². The van der Waals surface area contributed by atoms with Crippen molar-refractivity contribution in [2.24, 2.45) is 0 Å². The van der Waals surface area contributed by atoms with E-state index in [0.29, 0.717) is 21.2 Å². The third kappa shape index (κ3) is 5.83. The van der Waals surface area contributed by atoms with Gasteiger partial charge in [-0.05, 0) is 47.7 Å². The second kappa shape index (κ2) is 11.0. The summed E-state index contributed by atoms with van der Waals surface area (Å²) in [4.78, 5) is 59.3. The number of amides is 2. The summed E-state index contributed by atoms with van der Waals surface area (Å²) in [6, 6.07) is 13.1. The van der Waals surface area contributed by atoms with Gasteiger partial charge in [0.15, 0.2) is 0 Å². The summed E-state index contributed by atoms with van der Waals surface area (Å²) in [6.45, 7) is -0.0921. The van der Waals surface area contributed by atoms with Gasteiger partial charge < -0.3 is 4.74 Å². The summed E-state index contributed by atoms with van der Waals surface area (Å²) in [5.74, 6) is -1.52. The van der Waals surface area contributed by atoms with Crippen LogP contribution in [0.2, 0.25) is 10.0 Å². The zero-order chi connectivity index (χ0) is 27.6. The van der Waals surface area contributed by atoms with Gasteiger partial charge in [0, 0.05) is 27.7 Å². The van der Waals surface area contributed by atoms with Gasteiger partial charge in [0.2, 0.25) is 0 Å². The molecule has 14 heteroatoms. The molecule has 3 aromatic rings. The zero-order valence-electron chi connectivity index (χ0n) is 18.8. The Morgan fingerprint density at radius 3 is 2.08 bits per heavy atom. The molecule has 0 saturated carbocycles. The number of halogens is 2. The number of imide groups is 1. The van der Waals surface area contributed by atoms with Gasteiger partial charge in [-0.1, -0.05) is 41.4 Å². The van der Waals surface area contributed by atoms with Crippen LogP contribution in [-0.4, -0.2) is 31.9 Å². The number of thioether (sulfide) groups is 1. The largest absolute Gasteiger partial charge is 0.423 e. The lowest BCUT2D eigenvalue weighted by Crippen LogP contribution is -2.27. The average molecular weight is 574 g/mol. The number of non-ortho nitro benzene ring substituents is 2. The molecule has 0 radical (unpaired) electrons. The Bertz CT molecular complexity index is 1490. The molecule has 38 heavy (non-hydrogen) atoms. The van der Waals surface area contributed by atoms with Crippen LogP contribution in [0.25, 0.3) is 6.08 Å². The fourth-order valence-corrected chi connectivity index (χ4v) is 4.71. The number of hydrogen-bond donors (Lipinski definition) is 0. The standard InChI is InChI=1S/C24H13Cl2N3O8S/c25-19-2-1-3-20(26)18(19)12-27-22(30)21(38-24(27)32)8-13-4-6-17(7-5-13)37-23(31)14-9-15(28(33)34)11-16(10-14)29(35)36/h1-11H,12H2/b21-8-. The van der Waals surface area contributed by atoms with E-state index in [4.69, 9.17) is 27.9 Å². The summed E-state index contributed by atoms with van der Waals surface area (Å²) in [5, 5.41) is 22.2. The molecule has 0 atom stereocenters. The third-order valence-electron chi connectivity index (χ3n) is 5.20. The predicted molar refractivity (Wildman–Crippen MR) is 139 cm³/mol. The summed E-state index contributed by atoms with van der Waals surface area (Å²) in [5.41, 5.74) is -0.682. The van der Waals surface area contributed by atoms with Crippen LogP contribution >= 0.6 is 35.0 Å². The Kier molecular flexibility index (Phi) is 7.76. The van der Waals surface area contributed by atoms with Crippen LogP contribution in [0.15, 0.2) is 65.6 Å². The number of nitrogens with zero attached hydrogens (tertiary/aromatic N) is 3. The Morgan fingerprint density at radius 2 is 1.53 bits per heavy atom. The van der Waals surface area contributed by atoms with Crippen molar-refractivity contribution in [2.45, 2.75) is 6.54 Å². The first-order valence-electron chi connectivity index (χ1n) is 10.5. The van der Waals surface area contributed by atoms with Gasteiger partial charge >= 0.3 is 5.97 Å². The lowest BCUT2D eigenvalue weighted by atomic mass is 10.1. The highest BCUT2D eigenvalue weighted by Gasteiger charge is 2.35. The molecule has 1 aliphatic heterocycles. The van der Waals surface area contributed by atoms with Gasteiger partial charge in [0.1, 0.15) is 5.75 Å². The first-order chi connectivity index (χ1) is 18.0. The molecule has 192 valence electrons. The molecule has 1 aliphatic rings. The summed E-state index contributed by atoms with van der Waals surface area (Å²) in [7, 11) is 0. The minimum absolute atomic E-state index is 0.0442. The molecule has 3 aromatic carbocycles. The van der Waals surface area contributed by atoms with E-state index < -0.39 is 38.3 Å². The highest BCUT2D eigenvalue weighted by molar-refractivity contribution is 8.18. The molecule has 4 rings (SSSR count). The second-order valence-electron chi connectivity index (χ2n) is 7.68. The van der Waals surface area contributed by atoms with Crippen molar-refractivity contribution in [1.29, 1.82) is 0 Å². The highest BCUT2D eigenvalue weighted by Crippen LogP contribution is 2.36. The number of carbonyl (C=O) groups is 3. The second-order valence-corrected chi connectivity index (χ2v) is 9.49. The van der Waals surface area contributed by atoms with E-state index in [1.165, 1.54) is 30.3 Å². The maximum absolute atomic E-state index is 12.8. The van der Waals surface area contributed by atoms with Crippen LogP contribution in [0.3, 0.4) is 0 Å². The fraction of sp³-hybridized carbons (Fsp3) is 0.0417. The highest BCUT2D eigenvalue weighted by atomic mass is 35.5. The Morgan fingerprint density at radius 1 is 0.947 bits per heavy atom. The number of nitro benzene ring substituents is 2. The first-order valence-corrected chi connectivity index (χ1v) is 12.0. The smallest absolute Gasteiger partial charge is 0.344 e. The normalized spacial score (nSPS) is 14.2. The number of carbonyl (C=O) groups excluding carboxylic acids is 3. The molecular weight excluding hydrogens is 561 g/mol. The molecular formula is C24H13Cl2N3O8S. The number of nitro groups is 2. The van der Waals surface area contributed by atoms with Crippen LogP contribution < -0.4 is 4.74 Å². The minimum Gasteiger partial charge on any atom is -0.423 e. The number of benzene rings is 3. The lowest BCUT2D eigenvalue weighted by molar-refractivity contribution is -0.394. The monoisotopic (exact) mass is 573 g/mol. The van der Waals surface area contributed by atoms with Gasteiger partial charge in [0.25, 0.3) is 22.5 Å². The van der Waals surface area contributed by atoms with E-state index in [9.17, 15) is 34.6 Å². The van der Waals surface area contributed by atoms with Crippen molar-refractivity contribution in [3.8, 4) is 5.75 Å². The van der Waals surface area contributed by atoms with Crippen molar-refractivity contribution < 1.29 is 29.0 Å². The van der Waals surface area contributed by atoms with E-state index >= 15 is 0 Å². The van der Waals surface area contributed by atoms with Gasteiger partial charge in [-0.2, -0.15) is 0 Å². The topological polar surface area (TPSA) is 150 Å². The Hall–Kier alpha value is -4.26. The van der Waals surface area contributed by atoms with Gasteiger partial charge in [-0.3, -0.25) is 34.7 Å². The Labute approximate surface area is 227 Å². The van der Waals surface area contributed by atoms with Crippen LogP contribution in [0.5, 0.6) is 5.75 Å². The third-order valence-corrected chi connectivity index (χ3v) is 6.82. The minimum atomic E-state index is -1.04. The molecule has 0 spiro atoms. The maximum atomic E-state index is 12.8. The summed E-state index contributed by atoms with van der Waals surface area (Å²) >= 11 is 13.0. The fourth-order valence-electron chi connectivity index (χ4n) is 3.35. The molecule has 1 heterocycles. The molecule has 1 saturated heterocycles. The molecule has 0 aliphatic carbocycles.